The first-order chi connectivity index (χ1) is 12.8. The van der Waals surface area contributed by atoms with Gasteiger partial charge in [-0.3, -0.25) is 4.79 Å². The molecular weight excluding hydrogens is 366 g/mol. The van der Waals surface area contributed by atoms with Crippen molar-refractivity contribution in [2.75, 3.05) is 12.3 Å². The standard InChI is InChI=1S/C20H23NO5S/c1-3-27(24,25)18-12-8-7-11-17(18)20(23)26-15(2)19(22)21-14-13-16-9-5-4-6-10-16/h4-12,15H,3,13-14H2,1-2H3,(H,21,22). The van der Waals surface area contributed by atoms with Crippen molar-refractivity contribution in [1.29, 1.82) is 0 Å². The molecule has 1 amide bonds. The van der Waals surface area contributed by atoms with E-state index in [2.05, 4.69) is 5.32 Å². The third-order valence-corrected chi connectivity index (χ3v) is 5.82. The molecule has 1 N–H and O–H groups in total. The van der Waals surface area contributed by atoms with E-state index in [0.717, 1.165) is 5.56 Å². The van der Waals surface area contributed by atoms with Crippen molar-refractivity contribution in [1.82, 2.24) is 5.32 Å². The summed E-state index contributed by atoms with van der Waals surface area (Å²) in [4.78, 5) is 24.4. The van der Waals surface area contributed by atoms with Crippen LogP contribution in [0.1, 0.15) is 29.8 Å². The van der Waals surface area contributed by atoms with Gasteiger partial charge in [0.05, 0.1) is 16.2 Å². The van der Waals surface area contributed by atoms with Crippen LogP contribution in [0.2, 0.25) is 0 Å². The zero-order valence-corrected chi connectivity index (χ0v) is 16.2. The van der Waals surface area contributed by atoms with Crippen molar-refractivity contribution in [2.24, 2.45) is 0 Å². The summed E-state index contributed by atoms with van der Waals surface area (Å²) < 4.78 is 29.4. The van der Waals surface area contributed by atoms with Gasteiger partial charge in [0.25, 0.3) is 5.91 Å². The van der Waals surface area contributed by atoms with E-state index < -0.39 is 27.8 Å². The predicted molar refractivity (Wildman–Crippen MR) is 102 cm³/mol. The molecule has 1 atom stereocenters. The lowest BCUT2D eigenvalue weighted by Crippen LogP contribution is -2.37. The monoisotopic (exact) mass is 389 g/mol. The van der Waals surface area contributed by atoms with E-state index in [-0.39, 0.29) is 16.2 Å². The molecule has 2 aromatic carbocycles. The smallest absolute Gasteiger partial charge is 0.340 e. The molecule has 0 spiro atoms. The summed E-state index contributed by atoms with van der Waals surface area (Å²) in [5.41, 5.74) is 1.02. The molecule has 7 heteroatoms. The van der Waals surface area contributed by atoms with Gasteiger partial charge in [0.2, 0.25) is 0 Å². The lowest BCUT2D eigenvalue weighted by molar-refractivity contribution is -0.129. The Labute approximate surface area is 159 Å². The minimum absolute atomic E-state index is 0.0664. The van der Waals surface area contributed by atoms with Gasteiger partial charge in [-0.05, 0) is 31.0 Å². The quantitative estimate of drug-likeness (QED) is 0.700. The van der Waals surface area contributed by atoms with Gasteiger partial charge in [-0.2, -0.15) is 0 Å². The summed E-state index contributed by atoms with van der Waals surface area (Å²) in [5, 5.41) is 2.71. The van der Waals surface area contributed by atoms with Crippen molar-refractivity contribution in [3.63, 3.8) is 0 Å². The van der Waals surface area contributed by atoms with E-state index in [4.69, 9.17) is 4.74 Å². The number of rotatable bonds is 8. The molecule has 0 aliphatic rings. The molecule has 0 heterocycles. The minimum atomic E-state index is -3.58. The molecular formula is C20H23NO5S. The lowest BCUT2D eigenvalue weighted by Gasteiger charge is -2.15. The Morgan fingerprint density at radius 1 is 1.04 bits per heavy atom. The highest BCUT2D eigenvalue weighted by Gasteiger charge is 2.24. The molecule has 1 unspecified atom stereocenters. The van der Waals surface area contributed by atoms with Gasteiger partial charge in [0.1, 0.15) is 0 Å². The summed E-state index contributed by atoms with van der Waals surface area (Å²) in [6.45, 7) is 3.36. The van der Waals surface area contributed by atoms with Crippen molar-refractivity contribution in [3.8, 4) is 0 Å². The number of benzene rings is 2. The summed E-state index contributed by atoms with van der Waals surface area (Å²) >= 11 is 0. The molecule has 27 heavy (non-hydrogen) atoms. The number of nitrogens with one attached hydrogen (secondary N) is 1. The van der Waals surface area contributed by atoms with Gasteiger partial charge in [0.15, 0.2) is 15.9 Å². The van der Waals surface area contributed by atoms with Crippen molar-refractivity contribution in [2.45, 2.75) is 31.3 Å². The fourth-order valence-electron chi connectivity index (χ4n) is 2.46. The predicted octanol–water partition coefficient (Wildman–Crippen LogP) is 2.38. The van der Waals surface area contributed by atoms with E-state index in [1.165, 1.54) is 26.0 Å². The Kier molecular flexibility index (Phi) is 7.12. The van der Waals surface area contributed by atoms with Crippen LogP contribution in [0.5, 0.6) is 0 Å². The normalized spacial score (nSPS) is 12.2. The molecule has 0 radical (unpaired) electrons. The van der Waals surface area contributed by atoms with E-state index >= 15 is 0 Å². The molecule has 0 fully saturated rings. The van der Waals surface area contributed by atoms with Crippen LogP contribution in [0, 0.1) is 0 Å². The first-order valence-electron chi connectivity index (χ1n) is 8.69. The number of ether oxygens (including phenoxy) is 1. The zero-order chi connectivity index (χ0) is 19.9. The van der Waals surface area contributed by atoms with E-state index in [1.54, 1.807) is 12.1 Å². The molecule has 0 aromatic heterocycles. The van der Waals surface area contributed by atoms with Crippen LogP contribution >= 0.6 is 0 Å². The third kappa shape index (κ3) is 5.65. The van der Waals surface area contributed by atoms with Crippen LogP contribution in [0.15, 0.2) is 59.5 Å². The average molecular weight is 389 g/mol. The van der Waals surface area contributed by atoms with Crippen molar-refractivity contribution in [3.05, 3.63) is 65.7 Å². The van der Waals surface area contributed by atoms with E-state index in [1.807, 2.05) is 30.3 Å². The highest BCUT2D eigenvalue weighted by Crippen LogP contribution is 2.18. The number of hydrogen-bond acceptors (Lipinski definition) is 5. The SMILES string of the molecule is CCS(=O)(=O)c1ccccc1C(=O)OC(C)C(=O)NCCc1ccccc1. The number of carbonyl (C=O) groups excluding carboxylic acids is 2. The van der Waals surface area contributed by atoms with Gasteiger partial charge in [-0.1, -0.05) is 49.4 Å². The molecule has 2 rings (SSSR count). The summed E-state index contributed by atoms with van der Waals surface area (Å²) in [7, 11) is -3.58. The fraction of sp³-hybridized carbons (Fsp3) is 0.300. The van der Waals surface area contributed by atoms with Crippen LogP contribution < -0.4 is 5.32 Å². The van der Waals surface area contributed by atoms with Gasteiger partial charge < -0.3 is 10.1 Å². The van der Waals surface area contributed by atoms with Crippen molar-refractivity contribution < 1.29 is 22.7 Å². The van der Waals surface area contributed by atoms with E-state index in [9.17, 15) is 18.0 Å². The minimum Gasteiger partial charge on any atom is -0.449 e. The average Bonchev–Trinajstić information content (AvgIpc) is 2.68. The Morgan fingerprint density at radius 3 is 2.33 bits per heavy atom. The maximum Gasteiger partial charge on any atom is 0.340 e. The first kappa shape index (κ1) is 20.6. The molecule has 0 aliphatic carbocycles. The fourth-order valence-corrected chi connectivity index (χ4v) is 3.54. The Balaban J connectivity index is 1.96. The summed E-state index contributed by atoms with van der Waals surface area (Å²) in [5.74, 6) is -1.41. The second kappa shape index (κ2) is 9.32. The Bertz CT molecular complexity index is 894. The molecule has 144 valence electrons. The maximum atomic E-state index is 12.4. The maximum absolute atomic E-state index is 12.4. The summed E-state index contributed by atoms with van der Waals surface area (Å²) in [6.07, 6.45) is -0.379. The highest BCUT2D eigenvalue weighted by atomic mass is 32.2. The zero-order valence-electron chi connectivity index (χ0n) is 15.3. The van der Waals surface area contributed by atoms with Gasteiger partial charge in [-0.15, -0.1) is 0 Å². The molecule has 2 aromatic rings. The number of amides is 1. The summed E-state index contributed by atoms with van der Waals surface area (Å²) in [6, 6.07) is 15.5. The van der Waals surface area contributed by atoms with Gasteiger partial charge >= 0.3 is 5.97 Å². The molecule has 6 nitrogen and oxygen atoms in total. The largest absolute Gasteiger partial charge is 0.449 e. The molecule has 0 bridgehead atoms. The van der Waals surface area contributed by atoms with Crippen LogP contribution in [0.25, 0.3) is 0 Å². The Hall–Kier alpha value is -2.67. The highest BCUT2D eigenvalue weighted by molar-refractivity contribution is 7.91. The van der Waals surface area contributed by atoms with Crippen molar-refractivity contribution >= 4 is 21.7 Å². The van der Waals surface area contributed by atoms with Crippen LogP contribution in [-0.2, 0) is 25.8 Å². The number of esters is 1. The van der Waals surface area contributed by atoms with Crippen LogP contribution in [0.3, 0.4) is 0 Å². The van der Waals surface area contributed by atoms with Gasteiger partial charge in [-0.25, -0.2) is 13.2 Å². The Morgan fingerprint density at radius 2 is 1.67 bits per heavy atom. The number of hydrogen-bond donors (Lipinski definition) is 1. The van der Waals surface area contributed by atoms with Crippen LogP contribution in [-0.4, -0.2) is 38.7 Å². The van der Waals surface area contributed by atoms with E-state index in [0.29, 0.717) is 13.0 Å². The second-order valence-corrected chi connectivity index (χ2v) is 8.22. The molecule has 0 aliphatic heterocycles. The van der Waals surface area contributed by atoms with Crippen LogP contribution in [0.4, 0.5) is 0 Å². The number of sulfone groups is 1. The number of carbonyl (C=O) groups is 2. The second-order valence-electron chi connectivity index (χ2n) is 5.97. The molecule has 0 saturated heterocycles. The third-order valence-electron chi connectivity index (χ3n) is 4.03. The van der Waals surface area contributed by atoms with Gasteiger partial charge in [0, 0.05) is 6.54 Å². The first-order valence-corrected chi connectivity index (χ1v) is 10.3. The lowest BCUT2D eigenvalue weighted by atomic mass is 10.1. The molecule has 0 saturated carbocycles. The topological polar surface area (TPSA) is 89.5 Å².